The Hall–Kier alpha value is -0.350. The largest absolute Gasteiger partial charge is 0.387 e. The fourth-order valence-corrected chi connectivity index (χ4v) is 3.41. The summed E-state index contributed by atoms with van der Waals surface area (Å²) in [6, 6.07) is 9.91. The smallest absolute Gasteiger partial charge is 0.0923 e. The SMILES string of the molecule is Cc1ccccc1CC(O)c1cc(Cl)c(Br)s1. The fourth-order valence-electron chi connectivity index (χ4n) is 1.68. The minimum Gasteiger partial charge on any atom is -0.387 e. The summed E-state index contributed by atoms with van der Waals surface area (Å²) in [6.07, 6.45) is 0.126. The predicted octanol–water partition coefficient (Wildman–Crippen LogP) is 4.75. The summed E-state index contributed by atoms with van der Waals surface area (Å²) in [4.78, 5) is 0.894. The first-order chi connectivity index (χ1) is 8.08. The fraction of sp³-hybridized carbons (Fsp3) is 0.231. The summed E-state index contributed by atoms with van der Waals surface area (Å²) < 4.78 is 0.873. The van der Waals surface area contributed by atoms with Gasteiger partial charge < -0.3 is 5.11 Å². The third-order valence-corrected chi connectivity index (χ3v) is 5.24. The van der Waals surface area contributed by atoms with E-state index in [1.54, 1.807) is 0 Å². The van der Waals surface area contributed by atoms with Crippen molar-refractivity contribution in [3.05, 3.63) is 55.1 Å². The highest BCUT2D eigenvalue weighted by Gasteiger charge is 2.14. The van der Waals surface area contributed by atoms with Gasteiger partial charge in [-0.3, -0.25) is 0 Å². The normalized spacial score (nSPS) is 12.7. The lowest BCUT2D eigenvalue weighted by Crippen LogP contribution is -2.00. The van der Waals surface area contributed by atoms with Crippen LogP contribution in [0.3, 0.4) is 0 Å². The number of hydrogen-bond donors (Lipinski definition) is 1. The van der Waals surface area contributed by atoms with Crippen molar-refractivity contribution in [2.45, 2.75) is 19.4 Å². The van der Waals surface area contributed by atoms with Gasteiger partial charge in [0.25, 0.3) is 0 Å². The van der Waals surface area contributed by atoms with Crippen LogP contribution in [-0.4, -0.2) is 5.11 Å². The van der Waals surface area contributed by atoms with E-state index in [-0.39, 0.29) is 0 Å². The standard InChI is InChI=1S/C13H12BrClOS/c1-8-4-2-3-5-9(8)6-11(16)12-7-10(15)13(14)17-12/h2-5,7,11,16H,6H2,1H3. The first-order valence-corrected chi connectivity index (χ1v) is 7.24. The van der Waals surface area contributed by atoms with Crippen molar-refractivity contribution >= 4 is 38.9 Å². The van der Waals surface area contributed by atoms with Gasteiger partial charge in [-0.2, -0.15) is 0 Å². The summed E-state index contributed by atoms with van der Waals surface area (Å²) >= 11 is 10.8. The maximum absolute atomic E-state index is 10.2. The number of hydrogen-bond acceptors (Lipinski definition) is 2. The van der Waals surface area contributed by atoms with E-state index in [2.05, 4.69) is 28.9 Å². The molecule has 1 aromatic heterocycles. The van der Waals surface area contributed by atoms with Crippen LogP contribution in [0.1, 0.15) is 22.1 Å². The molecule has 0 saturated carbocycles. The summed E-state index contributed by atoms with van der Waals surface area (Å²) in [6.45, 7) is 2.05. The van der Waals surface area contributed by atoms with E-state index in [9.17, 15) is 5.11 Å². The van der Waals surface area contributed by atoms with Crippen molar-refractivity contribution in [1.82, 2.24) is 0 Å². The van der Waals surface area contributed by atoms with Crippen LogP contribution >= 0.6 is 38.9 Å². The molecule has 0 radical (unpaired) electrons. The van der Waals surface area contributed by atoms with Gasteiger partial charge in [-0.15, -0.1) is 11.3 Å². The molecule has 0 spiro atoms. The van der Waals surface area contributed by atoms with Gasteiger partial charge in [0.1, 0.15) is 0 Å². The van der Waals surface area contributed by atoms with E-state index in [1.807, 2.05) is 24.3 Å². The van der Waals surface area contributed by atoms with Crippen LogP contribution in [0.4, 0.5) is 0 Å². The molecule has 90 valence electrons. The van der Waals surface area contributed by atoms with Gasteiger partial charge in [-0.25, -0.2) is 0 Å². The van der Waals surface area contributed by atoms with Crippen LogP contribution in [0.5, 0.6) is 0 Å². The summed E-state index contributed by atoms with van der Waals surface area (Å²) in [5.41, 5.74) is 2.37. The molecule has 1 heterocycles. The quantitative estimate of drug-likeness (QED) is 0.860. The molecule has 1 aromatic carbocycles. The van der Waals surface area contributed by atoms with Gasteiger partial charge in [-0.1, -0.05) is 35.9 Å². The number of thiophene rings is 1. The van der Waals surface area contributed by atoms with Crippen molar-refractivity contribution < 1.29 is 5.11 Å². The average Bonchev–Trinajstić information content (AvgIpc) is 2.63. The Bertz CT molecular complexity index is 504. The van der Waals surface area contributed by atoms with Crippen LogP contribution in [-0.2, 0) is 6.42 Å². The molecule has 0 aliphatic heterocycles. The van der Waals surface area contributed by atoms with Gasteiger partial charge in [-0.05, 0) is 40.0 Å². The molecule has 2 rings (SSSR count). The van der Waals surface area contributed by atoms with Gasteiger partial charge >= 0.3 is 0 Å². The highest BCUT2D eigenvalue weighted by atomic mass is 79.9. The minimum atomic E-state index is -0.495. The van der Waals surface area contributed by atoms with Crippen molar-refractivity contribution in [2.75, 3.05) is 0 Å². The Labute approximate surface area is 118 Å². The van der Waals surface area contributed by atoms with Crippen LogP contribution in [0.2, 0.25) is 5.02 Å². The Kier molecular flexibility index (Phi) is 4.26. The molecule has 2 aromatic rings. The highest BCUT2D eigenvalue weighted by Crippen LogP contribution is 2.36. The number of rotatable bonds is 3. The molecule has 0 aliphatic rings. The van der Waals surface area contributed by atoms with Crippen molar-refractivity contribution in [2.24, 2.45) is 0 Å². The highest BCUT2D eigenvalue weighted by molar-refractivity contribution is 9.11. The van der Waals surface area contributed by atoms with Gasteiger partial charge in [0.2, 0.25) is 0 Å². The summed E-state index contributed by atoms with van der Waals surface area (Å²) in [5.74, 6) is 0. The second-order valence-corrected chi connectivity index (χ2v) is 6.73. The van der Waals surface area contributed by atoms with E-state index >= 15 is 0 Å². The molecule has 0 bridgehead atoms. The predicted molar refractivity (Wildman–Crippen MR) is 76.9 cm³/mol. The molecule has 17 heavy (non-hydrogen) atoms. The Morgan fingerprint density at radius 1 is 1.41 bits per heavy atom. The third-order valence-electron chi connectivity index (χ3n) is 2.67. The van der Waals surface area contributed by atoms with Crippen LogP contribution in [0, 0.1) is 6.92 Å². The molecule has 0 amide bonds. The van der Waals surface area contributed by atoms with Crippen molar-refractivity contribution in [3.63, 3.8) is 0 Å². The van der Waals surface area contributed by atoms with Crippen molar-refractivity contribution in [3.8, 4) is 0 Å². The monoisotopic (exact) mass is 330 g/mol. The number of benzene rings is 1. The van der Waals surface area contributed by atoms with E-state index in [0.29, 0.717) is 11.4 Å². The van der Waals surface area contributed by atoms with Crippen LogP contribution < -0.4 is 0 Å². The molecule has 1 nitrogen and oxygen atoms in total. The maximum atomic E-state index is 10.2. The van der Waals surface area contributed by atoms with E-state index in [0.717, 1.165) is 8.66 Å². The molecule has 0 fully saturated rings. The van der Waals surface area contributed by atoms with Crippen LogP contribution in [0.25, 0.3) is 0 Å². The van der Waals surface area contributed by atoms with E-state index in [4.69, 9.17) is 11.6 Å². The lowest BCUT2D eigenvalue weighted by molar-refractivity contribution is 0.182. The number of aliphatic hydroxyl groups is 1. The van der Waals surface area contributed by atoms with Gasteiger partial charge in [0.15, 0.2) is 0 Å². The molecule has 1 unspecified atom stereocenters. The molecule has 0 aliphatic carbocycles. The molecule has 1 N–H and O–H groups in total. The zero-order valence-corrected chi connectivity index (χ0v) is 12.4. The van der Waals surface area contributed by atoms with Crippen LogP contribution in [0.15, 0.2) is 34.1 Å². The lowest BCUT2D eigenvalue weighted by atomic mass is 10.0. The average molecular weight is 332 g/mol. The topological polar surface area (TPSA) is 20.2 Å². The molecule has 0 saturated heterocycles. The first kappa shape index (κ1) is 13.1. The minimum absolute atomic E-state index is 0.495. The number of aryl methyl sites for hydroxylation is 1. The Morgan fingerprint density at radius 3 is 2.71 bits per heavy atom. The Balaban J connectivity index is 2.17. The zero-order chi connectivity index (χ0) is 12.4. The van der Waals surface area contributed by atoms with E-state index < -0.39 is 6.10 Å². The molecular weight excluding hydrogens is 320 g/mol. The number of halogens is 2. The second kappa shape index (κ2) is 5.53. The number of aliphatic hydroxyl groups excluding tert-OH is 1. The maximum Gasteiger partial charge on any atom is 0.0923 e. The van der Waals surface area contributed by atoms with Gasteiger partial charge in [0.05, 0.1) is 14.9 Å². The van der Waals surface area contributed by atoms with Crippen molar-refractivity contribution in [1.29, 1.82) is 0 Å². The molecule has 4 heteroatoms. The lowest BCUT2D eigenvalue weighted by Gasteiger charge is -2.10. The zero-order valence-electron chi connectivity index (χ0n) is 9.28. The van der Waals surface area contributed by atoms with Gasteiger partial charge in [0, 0.05) is 11.3 Å². The summed E-state index contributed by atoms with van der Waals surface area (Å²) in [5, 5.41) is 10.8. The first-order valence-electron chi connectivity index (χ1n) is 5.25. The third kappa shape index (κ3) is 3.10. The Morgan fingerprint density at radius 2 is 2.12 bits per heavy atom. The summed E-state index contributed by atoms with van der Waals surface area (Å²) in [7, 11) is 0. The second-order valence-electron chi connectivity index (χ2n) is 3.92. The van der Waals surface area contributed by atoms with E-state index in [1.165, 1.54) is 22.5 Å². The molecular formula is C13H12BrClOS. The molecule has 1 atom stereocenters.